The zero-order chi connectivity index (χ0) is 9.02. The fraction of sp³-hybridized carbons (Fsp3) is 0.833. The minimum absolute atomic E-state index is 0.00870. The lowest BCUT2D eigenvalue weighted by Crippen LogP contribution is -2.40. The van der Waals surface area contributed by atoms with Crippen LogP contribution in [0.25, 0.3) is 0 Å². The Morgan fingerprint density at radius 3 is 2.36 bits per heavy atom. The molecule has 0 rings (SSSR count). The summed E-state index contributed by atoms with van der Waals surface area (Å²) in [6.45, 7) is 3.83. The lowest BCUT2D eigenvalue weighted by molar-refractivity contribution is -0.139. The van der Waals surface area contributed by atoms with Crippen molar-refractivity contribution in [3.63, 3.8) is 0 Å². The third-order valence-electron chi connectivity index (χ3n) is 1.73. The van der Waals surface area contributed by atoms with Gasteiger partial charge in [-0.15, -0.1) is 0 Å². The number of halogens is 1. The first-order valence-electron chi connectivity index (χ1n) is 3.26. The molecule has 0 amide bonds. The zero-order valence-electron chi connectivity index (χ0n) is 6.45. The van der Waals surface area contributed by atoms with Crippen LogP contribution in [0.1, 0.15) is 13.8 Å². The first kappa shape index (κ1) is 11.5. The van der Waals surface area contributed by atoms with Crippen molar-refractivity contribution < 1.29 is 9.90 Å². The Morgan fingerprint density at radius 1 is 1.64 bits per heavy atom. The van der Waals surface area contributed by atoms with Gasteiger partial charge >= 0.3 is 5.97 Å². The first-order valence-corrected chi connectivity index (χ1v) is 6.68. The molecule has 0 radical (unpaired) electrons. The van der Waals surface area contributed by atoms with E-state index in [9.17, 15) is 4.79 Å². The fourth-order valence-electron chi connectivity index (χ4n) is 0.598. The molecule has 11 heavy (non-hydrogen) atoms. The Bertz CT molecular complexity index is 145. The number of carboxylic acid groups (broad SMARTS) is 1. The van der Waals surface area contributed by atoms with Gasteiger partial charge in [-0.1, -0.05) is 22.8 Å². The number of hydrogen-bond acceptors (Lipinski definition) is 3. The van der Waals surface area contributed by atoms with Crippen molar-refractivity contribution in [2.24, 2.45) is 11.7 Å². The summed E-state index contributed by atoms with van der Waals surface area (Å²) in [5.74, 6) is -0.913. The van der Waals surface area contributed by atoms with Crippen LogP contribution in [-0.4, -0.2) is 22.4 Å². The predicted molar refractivity (Wildman–Crippen MR) is 55.8 cm³/mol. The van der Waals surface area contributed by atoms with Gasteiger partial charge in [-0.25, -0.2) is 0 Å². The van der Waals surface area contributed by atoms with E-state index in [-0.39, 0.29) is 11.2 Å². The van der Waals surface area contributed by atoms with E-state index in [0.717, 1.165) is 0 Å². The molecule has 0 saturated carbocycles. The molecule has 5 heteroatoms. The third-order valence-corrected chi connectivity index (χ3v) is 4.85. The van der Waals surface area contributed by atoms with Crippen LogP contribution in [0.4, 0.5) is 0 Å². The Balaban J connectivity index is 4.00. The molecule has 0 aliphatic rings. The molecule has 0 aliphatic heterocycles. The largest absolute Gasteiger partial charge is 0.480 e. The van der Waals surface area contributed by atoms with Crippen LogP contribution in [-0.2, 0) is 4.79 Å². The minimum atomic E-state index is -0.921. The Morgan fingerprint density at radius 2 is 2.09 bits per heavy atom. The van der Waals surface area contributed by atoms with Gasteiger partial charge in [-0.05, 0) is 27.1 Å². The summed E-state index contributed by atoms with van der Waals surface area (Å²) in [4.78, 5) is 10.4. The van der Waals surface area contributed by atoms with Crippen molar-refractivity contribution >= 4 is 36.1 Å². The summed E-state index contributed by atoms with van der Waals surface area (Å²) in [7, 11) is 1.61. The number of aliphatic carboxylic acids is 1. The highest BCUT2D eigenvalue weighted by Gasteiger charge is 2.24. The van der Waals surface area contributed by atoms with Crippen LogP contribution in [0.2, 0.25) is 0 Å². The van der Waals surface area contributed by atoms with Crippen molar-refractivity contribution in [3.05, 3.63) is 0 Å². The van der Waals surface area contributed by atoms with E-state index < -0.39 is 12.0 Å². The van der Waals surface area contributed by atoms with Crippen LogP contribution >= 0.6 is 30.1 Å². The van der Waals surface area contributed by atoms with E-state index in [1.54, 1.807) is 8.93 Å². The van der Waals surface area contributed by atoms with Gasteiger partial charge < -0.3 is 10.8 Å². The van der Waals surface area contributed by atoms with Gasteiger partial charge in [-0.3, -0.25) is 4.79 Å². The molecular weight excluding hydrogens is 277 g/mol. The van der Waals surface area contributed by atoms with E-state index in [1.165, 1.54) is 0 Å². The van der Waals surface area contributed by atoms with E-state index in [1.807, 2.05) is 13.8 Å². The molecule has 0 fully saturated rings. The van der Waals surface area contributed by atoms with E-state index in [2.05, 4.69) is 21.2 Å². The molecule has 2 unspecified atom stereocenters. The quantitative estimate of drug-likeness (QED) is 0.770. The molecular formula is C6H12INO2S. The fourth-order valence-corrected chi connectivity index (χ4v) is 2.32. The monoisotopic (exact) mass is 289 g/mol. The molecule has 0 aromatic carbocycles. The Hall–Kier alpha value is 0.510. The highest BCUT2D eigenvalue weighted by Crippen LogP contribution is 2.26. The molecule has 0 aromatic rings. The second-order valence-corrected chi connectivity index (χ2v) is 4.96. The van der Waals surface area contributed by atoms with Crippen molar-refractivity contribution in [2.75, 3.05) is 0 Å². The smallest absolute Gasteiger partial charge is 0.320 e. The van der Waals surface area contributed by atoms with Gasteiger partial charge in [0.15, 0.2) is 0 Å². The summed E-state index contributed by atoms with van der Waals surface area (Å²) in [6, 6.07) is -0.743. The normalized spacial score (nSPS) is 18.9. The predicted octanol–water partition coefficient (Wildman–Crippen LogP) is 1.51. The maximum absolute atomic E-state index is 10.4. The summed E-state index contributed by atoms with van der Waals surface area (Å²) in [5.41, 5.74) is 5.42. The summed E-state index contributed by atoms with van der Waals surface area (Å²) < 4.78 is 0. The maximum Gasteiger partial charge on any atom is 0.320 e. The van der Waals surface area contributed by atoms with Gasteiger partial charge in [0.1, 0.15) is 6.04 Å². The van der Waals surface area contributed by atoms with Gasteiger partial charge in [0.05, 0.1) is 0 Å². The molecule has 0 saturated heterocycles. The number of rotatable bonds is 4. The Labute approximate surface area is 82.7 Å². The maximum atomic E-state index is 10.4. The summed E-state index contributed by atoms with van der Waals surface area (Å²) >= 11 is 2.15. The van der Waals surface area contributed by atoms with E-state index in [4.69, 9.17) is 10.8 Å². The van der Waals surface area contributed by atoms with Crippen LogP contribution in [0.5, 0.6) is 0 Å². The molecule has 3 nitrogen and oxygen atoms in total. The molecule has 0 aromatic heterocycles. The second kappa shape index (κ2) is 5.21. The van der Waals surface area contributed by atoms with Crippen LogP contribution in [0.15, 0.2) is 0 Å². The van der Waals surface area contributed by atoms with Crippen molar-refractivity contribution in [1.82, 2.24) is 0 Å². The van der Waals surface area contributed by atoms with Gasteiger partial charge in [0.25, 0.3) is 0 Å². The van der Waals surface area contributed by atoms with Gasteiger partial charge in [0.2, 0.25) is 0 Å². The number of carbonyl (C=O) groups is 1. The first-order chi connectivity index (χ1) is 5.00. The van der Waals surface area contributed by atoms with Gasteiger partial charge in [0, 0.05) is 5.25 Å². The lowest BCUT2D eigenvalue weighted by atomic mass is 10.00. The highest BCUT2D eigenvalue weighted by molar-refractivity contribution is 14.2. The third kappa shape index (κ3) is 3.62. The summed E-state index contributed by atoms with van der Waals surface area (Å²) in [5, 5.41) is 8.84. The molecule has 0 heterocycles. The molecule has 66 valence electrons. The SMILES string of the molecule is CC(C(N)C(=O)O)[C@H](C)SI. The van der Waals surface area contributed by atoms with Crippen LogP contribution < -0.4 is 5.73 Å². The van der Waals surface area contributed by atoms with Crippen molar-refractivity contribution in [1.29, 1.82) is 0 Å². The Kier molecular flexibility index (Phi) is 5.45. The topological polar surface area (TPSA) is 63.3 Å². The van der Waals surface area contributed by atoms with E-state index in [0.29, 0.717) is 0 Å². The number of carboxylic acids is 1. The zero-order valence-corrected chi connectivity index (χ0v) is 9.43. The number of nitrogens with two attached hydrogens (primary N) is 1. The minimum Gasteiger partial charge on any atom is -0.480 e. The van der Waals surface area contributed by atoms with Crippen molar-refractivity contribution in [3.8, 4) is 0 Å². The van der Waals surface area contributed by atoms with Crippen LogP contribution in [0, 0.1) is 5.92 Å². The molecule has 0 spiro atoms. The second-order valence-electron chi connectivity index (χ2n) is 2.52. The molecule has 3 atom stereocenters. The lowest BCUT2D eigenvalue weighted by Gasteiger charge is -2.20. The highest BCUT2D eigenvalue weighted by atomic mass is 127. The molecule has 3 N–H and O–H groups in total. The van der Waals surface area contributed by atoms with Crippen LogP contribution in [0.3, 0.4) is 0 Å². The number of hydrogen-bond donors (Lipinski definition) is 2. The summed E-state index contributed by atoms with van der Waals surface area (Å²) in [6.07, 6.45) is 0. The van der Waals surface area contributed by atoms with Gasteiger partial charge in [-0.2, -0.15) is 0 Å². The average Bonchev–Trinajstić information content (AvgIpc) is 2.00. The standard InChI is InChI=1S/C6H12INO2S/c1-3(4(2)11-7)5(8)6(9)10/h3-5H,8H2,1-2H3,(H,9,10)/t3?,4-,5?/m0/s1. The molecule has 0 aliphatic carbocycles. The molecule has 0 bridgehead atoms. The van der Waals surface area contributed by atoms with E-state index >= 15 is 0 Å². The average molecular weight is 289 g/mol. The van der Waals surface area contributed by atoms with Crippen molar-refractivity contribution in [2.45, 2.75) is 25.1 Å².